The van der Waals surface area contributed by atoms with Gasteiger partial charge in [0.25, 0.3) is 0 Å². The molecule has 3 fully saturated rings. The Bertz CT molecular complexity index is 1520. The van der Waals surface area contributed by atoms with Gasteiger partial charge >= 0.3 is 6.09 Å². The fraction of sp³-hybridized carbons (Fsp3) is 0.531. The quantitative estimate of drug-likeness (QED) is 0.433. The summed E-state index contributed by atoms with van der Waals surface area (Å²) in [5.74, 6) is 3.08. The fourth-order valence-electron chi connectivity index (χ4n) is 6.93. The van der Waals surface area contributed by atoms with Crippen LogP contribution in [0.5, 0.6) is 0 Å². The Morgan fingerprint density at radius 2 is 1.74 bits per heavy atom. The Morgan fingerprint density at radius 3 is 2.44 bits per heavy atom. The maximum Gasteiger partial charge on any atom is 0.415 e. The molecule has 1 amide bonds. The van der Waals surface area contributed by atoms with Crippen molar-refractivity contribution in [3.8, 4) is 0 Å². The summed E-state index contributed by atoms with van der Waals surface area (Å²) in [6.07, 6.45) is 6.46. The predicted octanol–water partition coefficient (Wildman–Crippen LogP) is 5.14. The smallest absolute Gasteiger partial charge is 0.415 e. The molecule has 43 heavy (non-hydrogen) atoms. The van der Waals surface area contributed by atoms with E-state index in [0.717, 1.165) is 60.9 Å². The Kier molecular flexibility index (Phi) is 6.77. The Labute approximate surface area is 252 Å². The van der Waals surface area contributed by atoms with Crippen LogP contribution in [0.4, 0.5) is 33.9 Å². The number of carbonyl (C=O) groups excluding carboxylic acids is 1. The van der Waals surface area contributed by atoms with E-state index in [0.29, 0.717) is 30.9 Å². The number of nitrogens with one attached hydrogen (secondary N) is 1. The zero-order chi connectivity index (χ0) is 29.9. The minimum absolute atomic E-state index is 0.0389. The number of amides is 1. The van der Waals surface area contributed by atoms with Gasteiger partial charge in [-0.25, -0.2) is 14.8 Å². The number of carbonyl (C=O) groups is 1. The molecule has 0 aliphatic carbocycles. The number of nitrogens with zero attached hydrogens (tertiary/aromatic N) is 7. The third-order valence-corrected chi connectivity index (χ3v) is 9.59. The first kappa shape index (κ1) is 28.0. The van der Waals surface area contributed by atoms with Crippen molar-refractivity contribution in [3.05, 3.63) is 54.0 Å². The third-order valence-electron chi connectivity index (χ3n) is 9.59. The highest BCUT2D eigenvalue weighted by Gasteiger charge is 2.55. The summed E-state index contributed by atoms with van der Waals surface area (Å²) in [4.78, 5) is 38.3. The molecule has 0 radical (unpaired) electrons. The van der Waals surface area contributed by atoms with Crippen molar-refractivity contribution in [1.82, 2.24) is 24.8 Å². The van der Waals surface area contributed by atoms with Crippen molar-refractivity contribution < 1.29 is 14.3 Å². The van der Waals surface area contributed by atoms with Gasteiger partial charge in [-0.05, 0) is 84.4 Å². The van der Waals surface area contributed by atoms with E-state index in [-0.39, 0.29) is 29.2 Å². The van der Waals surface area contributed by atoms with E-state index in [1.807, 2.05) is 37.5 Å². The predicted molar refractivity (Wildman–Crippen MR) is 164 cm³/mol. The zero-order valence-corrected chi connectivity index (χ0v) is 25.6. The van der Waals surface area contributed by atoms with Gasteiger partial charge in [-0.1, -0.05) is 13.0 Å². The van der Waals surface area contributed by atoms with Gasteiger partial charge in [0.1, 0.15) is 24.1 Å². The van der Waals surface area contributed by atoms with Crippen molar-refractivity contribution in [2.45, 2.75) is 76.0 Å². The largest absolute Gasteiger partial charge is 0.447 e. The molecule has 0 spiro atoms. The lowest BCUT2D eigenvalue weighted by molar-refractivity contribution is -0.0893. The summed E-state index contributed by atoms with van der Waals surface area (Å²) in [5, 5.41) is 3.38. The monoisotopic (exact) mass is 584 g/mol. The average Bonchev–Trinajstić information content (AvgIpc) is 3.45. The molecule has 0 unspecified atom stereocenters. The molecule has 11 heteroatoms. The van der Waals surface area contributed by atoms with Gasteiger partial charge in [-0.15, -0.1) is 0 Å². The topological polar surface area (TPSA) is 109 Å². The second kappa shape index (κ2) is 10.4. The van der Waals surface area contributed by atoms with E-state index in [2.05, 4.69) is 55.1 Å². The van der Waals surface area contributed by atoms with Crippen molar-refractivity contribution in [1.29, 1.82) is 0 Å². The minimum Gasteiger partial charge on any atom is -0.447 e. The summed E-state index contributed by atoms with van der Waals surface area (Å²) >= 11 is 0. The van der Waals surface area contributed by atoms with Crippen molar-refractivity contribution in [3.63, 3.8) is 0 Å². The lowest BCUT2D eigenvalue weighted by Crippen LogP contribution is -2.54. The standard InChI is InChI=1S/C32H40N8O3/c1-20-18-42-30(41)39(20)26-7-6-8-27(36-26)40-25-15-31(2,3)43-19-32(25,4)23-17-34-29(37-28(23)40)35-22-9-10-24(33-16-22)21-11-13-38(5)14-12-21/h6-10,16-17,20-21,25H,11-15,18-19H2,1-5H3,(H,34,35,37)/t20-,25-,32-/m0/s1. The highest BCUT2D eigenvalue weighted by molar-refractivity contribution is 5.89. The summed E-state index contributed by atoms with van der Waals surface area (Å²) in [7, 11) is 2.17. The van der Waals surface area contributed by atoms with Crippen LogP contribution in [0.2, 0.25) is 0 Å². The molecule has 0 saturated carbocycles. The molecule has 3 aromatic heterocycles. The summed E-state index contributed by atoms with van der Waals surface area (Å²) in [6.45, 7) is 11.5. The van der Waals surface area contributed by atoms with Crippen LogP contribution in [0.1, 0.15) is 64.1 Å². The van der Waals surface area contributed by atoms with E-state index in [4.69, 9.17) is 29.4 Å². The van der Waals surface area contributed by atoms with Gasteiger partial charge < -0.3 is 24.6 Å². The summed E-state index contributed by atoms with van der Waals surface area (Å²) in [5.41, 5.74) is 2.36. The average molecular weight is 585 g/mol. The highest BCUT2D eigenvalue weighted by atomic mass is 16.6. The molecule has 0 aromatic carbocycles. The lowest BCUT2D eigenvalue weighted by atomic mass is 9.73. The fourth-order valence-corrected chi connectivity index (χ4v) is 6.93. The van der Waals surface area contributed by atoms with E-state index < -0.39 is 0 Å². The number of likely N-dealkylation sites (tertiary alicyclic amines) is 1. The molecule has 1 N–H and O–H groups in total. The van der Waals surface area contributed by atoms with Crippen LogP contribution in [0.15, 0.2) is 42.7 Å². The molecule has 3 saturated heterocycles. The molecular weight excluding hydrogens is 544 g/mol. The first-order valence-corrected chi connectivity index (χ1v) is 15.3. The molecule has 7 rings (SSSR count). The number of hydrogen-bond acceptors (Lipinski definition) is 10. The summed E-state index contributed by atoms with van der Waals surface area (Å²) < 4.78 is 11.6. The van der Waals surface area contributed by atoms with Gasteiger partial charge in [0, 0.05) is 28.8 Å². The molecule has 226 valence electrons. The Hall–Kier alpha value is -3.83. The Morgan fingerprint density at radius 1 is 0.977 bits per heavy atom. The highest BCUT2D eigenvalue weighted by Crippen LogP contribution is 2.53. The van der Waals surface area contributed by atoms with Gasteiger partial charge in [0.05, 0.1) is 36.2 Å². The SMILES string of the molecule is C[C@H]1COC(=O)N1c1cccc(N2c3nc(Nc4ccc(C5CCN(C)CC5)nc4)ncc3[C@]3(C)COC(C)(C)C[C@H]23)n1. The molecule has 4 aliphatic rings. The van der Waals surface area contributed by atoms with Crippen LogP contribution in [-0.2, 0) is 14.9 Å². The number of hydrogen-bond donors (Lipinski definition) is 1. The number of anilines is 5. The van der Waals surface area contributed by atoms with Crippen LogP contribution in [0.3, 0.4) is 0 Å². The zero-order valence-electron chi connectivity index (χ0n) is 25.6. The minimum atomic E-state index is -0.375. The molecular formula is C32H40N8O3. The van der Waals surface area contributed by atoms with Gasteiger partial charge in [0.15, 0.2) is 0 Å². The van der Waals surface area contributed by atoms with Crippen molar-refractivity contribution in [2.75, 3.05) is 48.5 Å². The molecule has 0 bridgehead atoms. The summed E-state index contributed by atoms with van der Waals surface area (Å²) in [6, 6.07) is 9.90. The second-order valence-electron chi connectivity index (χ2n) is 13.3. The molecule has 3 atom stereocenters. The number of ether oxygens (including phenoxy) is 2. The number of piperidine rings is 1. The van der Waals surface area contributed by atoms with Crippen LogP contribution in [0, 0.1) is 0 Å². The number of rotatable bonds is 5. The Balaban J connectivity index is 1.22. The van der Waals surface area contributed by atoms with Crippen LogP contribution in [0.25, 0.3) is 0 Å². The van der Waals surface area contributed by atoms with Crippen molar-refractivity contribution in [2.24, 2.45) is 0 Å². The van der Waals surface area contributed by atoms with Gasteiger partial charge in [0.2, 0.25) is 5.95 Å². The lowest BCUT2D eigenvalue weighted by Gasteiger charge is -2.46. The van der Waals surface area contributed by atoms with E-state index >= 15 is 0 Å². The third kappa shape index (κ3) is 4.98. The van der Waals surface area contributed by atoms with Gasteiger partial charge in [-0.2, -0.15) is 4.98 Å². The maximum atomic E-state index is 12.5. The first-order chi connectivity index (χ1) is 20.6. The van der Waals surface area contributed by atoms with Gasteiger partial charge in [-0.3, -0.25) is 9.88 Å². The maximum absolute atomic E-state index is 12.5. The van der Waals surface area contributed by atoms with E-state index in [1.165, 1.54) is 0 Å². The van der Waals surface area contributed by atoms with Crippen LogP contribution < -0.4 is 15.1 Å². The number of fused-ring (bicyclic) bond motifs is 3. The molecule has 7 heterocycles. The second-order valence-corrected chi connectivity index (χ2v) is 13.3. The normalized spacial score (nSPS) is 27.1. The number of aromatic nitrogens is 4. The van der Waals surface area contributed by atoms with E-state index in [9.17, 15) is 4.79 Å². The molecule has 11 nitrogen and oxygen atoms in total. The number of pyridine rings is 2. The van der Waals surface area contributed by atoms with E-state index in [1.54, 1.807) is 4.90 Å². The number of cyclic esters (lactones) is 1. The molecule has 4 aliphatic heterocycles. The van der Waals surface area contributed by atoms with Crippen LogP contribution in [-0.4, -0.2) is 82.0 Å². The van der Waals surface area contributed by atoms with Crippen molar-refractivity contribution >= 4 is 35.2 Å². The first-order valence-electron chi connectivity index (χ1n) is 15.3. The van der Waals surface area contributed by atoms with Crippen LogP contribution >= 0.6 is 0 Å². The molecule has 3 aromatic rings.